The van der Waals surface area contributed by atoms with Crippen molar-refractivity contribution in [2.75, 3.05) is 46.9 Å². The molecule has 7 heteroatoms. The average Bonchev–Trinajstić information content (AvgIpc) is 3.17. The summed E-state index contributed by atoms with van der Waals surface area (Å²) in [7, 11) is 0.393. The Balaban J connectivity index is 2.17. The standard InChI is InChI=1S/C12H27N3O3S/c1-11(10-13-12-4-5-12)19(16,17)14-6-7-15(2)8-9-18-3/h11-14H,4-10H2,1-3H3. The second-order valence-electron chi connectivity index (χ2n) is 5.23. The van der Waals surface area contributed by atoms with Crippen molar-refractivity contribution in [2.24, 2.45) is 0 Å². The van der Waals surface area contributed by atoms with Gasteiger partial charge < -0.3 is 15.0 Å². The van der Waals surface area contributed by atoms with Crippen LogP contribution in [-0.2, 0) is 14.8 Å². The van der Waals surface area contributed by atoms with Gasteiger partial charge in [0.1, 0.15) is 0 Å². The van der Waals surface area contributed by atoms with Crippen molar-refractivity contribution in [3.05, 3.63) is 0 Å². The zero-order chi connectivity index (χ0) is 14.3. The number of hydrogen-bond donors (Lipinski definition) is 2. The van der Waals surface area contributed by atoms with E-state index in [2.05, 4.69) is 10.0 Å². The number of nitrogens with one attached hydrogen (secondary N) is 2. The molecule has 1 unspecified atom stereocenters. The minimum absolute atomic E-state index is 0.391. The summed E-state index contributed by atoms with van der Waals surface area (Å²) in [6.07, 6.45) is 2.34. The zero-order valence-electron chi connectivity index (χ0n) is 12.2. The number of nitrogens with zero attached hydrogens (tertiary/aromatic N) is 1. The van der Waals surface area contributed by atoms with Gasteiger partial charge in [0.15, 0.2) is 0 Å². The Morgan fingerprint density at radius 3 is 2.63 bits per heavy atom. The number of ether oxygens (including phenoxy) is 1. The summed E-state index contributed by atoms with van der Waals surface area (Å²) in [6, 6.07) is 0.540. The minimum atomic E-state index is -3.21. The number of methoxy groups -OCH3 is 1. The molecule has 1 atom stereocenters. The van der Waals surface area contributed by atoms with Crippen LogP contribution in [-0.4, -0.2) is 71.6 Å². The molecular weight excluding hydrogens is 266 g/mol. The van der Waals surface area contributed by atoms with Crippen molar-refractivity contribution < 1.29 is 13.2 Å². The summed E-state index contributed by atoms with van der Waals surface area (Å²) in [5, 5.41) is 2.85. The minimum Gasteiger partial charge on any atom is -0.383 e. The molecule has 1 rings (SSSR count). The highest BCUT2D eigenvalue weighted by Gasteiger charge is 2.25. The predicted molar refractivity (Wildman–Crippen MR) is 76.8 cm³/mol. The molecule has 1 aliphatic rings. The lowest BCUT2D eigenvalue weighted by atomic mass is 10.4. The highest BCUT2D eigenvalue weighted by Crippen LogP contribution is 2.18. The Morgan fingerprint density at radius 2 is 2.05 bits per heavy atom. The van der Waals surface area contributed by atoms with Gasteiger partial charge >= 0.3 is 0 Å². The molecule has 0 radical (unpaired) electrons. The van der Waals surface area contributed by atoms with Crippen LogP contribution in [0.4, 0.5) is 0 Å². The lowest BCUT2D eigenvalue weighted by molar-refractivity contribution is 0.162. The number of sulfonamides is 1. The number of rotatable bonds is 11. The summed E-state index contributed by atoms with van der Waals surface area (Å²) in [6.45, 7) is 4.86. The average molecular weight is 293 g/mol. The Bertz CT molecular complexity index is 344. The maximum Gasteiger partial charge on any atom is 0.215 e. The molecule has 0 aromatic heterocycles. The van der Waals surface area contributed by atoms with E-state index in [4.69, 9.17) is 4.74 Å². The fraction of sp³-hybridized carbons (Fsp3) is 1.00. The van der Waals surface area contributed by atoms with Gasteiger partial charge in [0.2, 0.25) is 10.0 Å². The lowest BCUT2D eigenvalue weighted by Gasteiger charge is -2.18. The highest BCUT2D eigenvalue weighted by atomic mass is 32.2. The topological polar surface area (TPSA) is 70.7 Å². The van der Waals surface area contributed by atoms with Crippen LogP contribution in [0.3, 0.4) is 0 Å². The van der Waals surface area contributed by atoms with E-state index in [0.29, 0.717) is 32.3 Å². The van der Waals surface area contributed by atoms with E-state index in [0.717, 1.165) is 6.54 Å². The van der Waals surface area contributed by atoms with Gasteiger partial charge in [-0.25, -0.2) is 13.1 Å². The first-order chi connectivity index (χ1) is 8.95. The zero-order valence-corrected chi connectivity index (χ0v) is 13.0. The summed E-state index contributed by atoms with van der Waals surface area (Å²) >= 11 is 0. The first-order valence-electron chi connectivity index (χ1n) is 6.85. The van der Waals surface area contributed by atoms with E-state index in [1.807, 2.05) is 11.9 Å². The molecule has 1 saturated carbocycles. The first kappa shape index (κ1) is 16.8. The maximum absolute atomic E-state index is 12.0. The van der Waals surface area contributed by atoms with Gasteiger partial charge in [-0.2, -0.15) is 0 Å². The van der Waals surface area contributed by atoms with Gasteiger partial charge in [0, 0.05) is 39.3 Å². The quantitative estimate of drug-likeness (QED) is 0.544. The van der Waals surface area contributed by atoms with Crippen molar-refractivity contribution in [1.82, 2.24) is 14.9 Å². The van der Waals surface area contributed by atoms with Crippen LogP contribution in [0, 0.1) is 0 Å². The third-order valence-electron chi connectivity index (χ3n) is 3.27. The predicted octanol–water partition coefficient (Wildman–Crippen LogP) is -0.375. The Hall–Kier alpha value is -0.210. The maximum atomic E-state index is 12.0. The summed E-state index contributed by atoms with van der Waals surface area (Å²) in [5.41, 5.74) is 0. The monoisotopic (exact) mass is 293 g/mol. The van der Waals surface area contributed by atoms with E-state index in [9.17, 15) is 8.42 Å². The van der Waals surface area contributed by atoms with Crippen molar-refractivity contribution in [3.63, 3.8) is 0 Å². The molecule has 0 spiro atoms. The van der Waals surface area contributed by atoms with Crippen LogP contribution in [0.2, 0.25) is 0 Å². The van der Waals surface area contributed by atoms with Gasteiger partial charge in [-0.1, -0.05) is 0 Å². The SMILES string of the molecule is COCCN(C)CCNS(=O)(=O)C(C)CNC1CC1. The van der Waals surface area contributed by atoms with Crippen LogP contribution in [0.15, 0.2) is 0 Å². The number of hydrogen-bond acceptors (Lipinski definition) is 5. The third-order valence-corrected chi connectivity index (χ3v) is 5.11. The van der Waals surface area contributed by atoms with Crippen molar-refractivity contribution in [3.8, 4) is 0 Å². The van der Waals surface area contributed by atoms with E-state index in [-0.39, 0.29) is 0 Å². The largest absolute Gasteiger partial charge is 0.383 e. The van der Waals surface area contributed by atoms with Crippen LogP contribution in [0.1, 0.15) is 19.8 Å². The van der Waals surface area contributed by atoms with Crippen molar-refractivity contribution >= 4 is 10.0 Å². The molecule has 6 nitrogen and oxygen atoms in total. The molecule has 0 aromatic rings. The van der Waals surface area contributed by atoms with Gasteiger partial charge in [-0.3, -0.25) is 0 Å². The van der Waals surface area contributed by atoms with Gasteiger partial charge in [0.05, 0.1) is 11.9 Å². The van der Waals surface area contributed by atoms with E-state index < -0.39 is 15.3 Å². The van der Waals surface area contributed by atoms with E-state index in [1.54, 1.807) is 14.0 Å². The van der Waals surface area contributed by atoms with Crippen LogP contribution in [0.5, 0.6) is 0 Å². The van der Waals surface area contributed by atoms with Crippen LogP contribution < -0.4 is 10.0 Å². The molecule has 1 aliphatic carbocycles. The molecule has 2 N–H and O–H groups in total. The highest BCUT2D eigenvalue weighted by molar-refractivity contribution is 7.90. The van der Waals surface area contributed by atoms with Gasteiger partial charge in [-0.15, -0.1) is 0 Å². The molecule has 0 bridgehead atoms. The normalized spacial score (nSPS) is 17.9. The third kappa shape index (κ3) is 7.22. The Kier molecular flexibility index (Phi) is 7.23. The fourth-order valence-electron chi connectivity index (χ4n) is 1.61. The van der Waals surface area contributed by atoms with E-state index >= 15 is 0 Å². The molecule has 0 aliphatic heterocycles. The fourth-order valence-corrected chi connectivity index (χ4v) is 2.59. The van der Waals surface area contributed by atoms with Crippen LogP contribution >= 0.6 is 0 Å². The van der Waals surface area contributed by atoms with Gasteiger partial charge in [0.25, 0.3) is 0 Å². The van der Waals surface area contributed by atoms with E-state index in [1.165, 1.54) is 12.8 Å². The lowest BCUT2D eigenvalue weighted by Crippen LogP contribution is -2.42. The second kappa shape index (κ2) is 8.16. The number of likely N-dealkylation sites (N-methyl/N-ethyl adjacent to an activating group) is 1. The van der Waals surface area contributed by atoms with Crippen molar-refractivity contribution in [1.29, 1.82) is 0 Å². The molecule has 19 heavy (non-hydrogen) atoms. The van der Waals surface area contributed by atoms with Gasteiger partial charge in [-0.05, 0) is 26.8 Å². The smallest absolute Gasteiger partial charge is 0.215 e. The first-order valence-corrected chi connectivity index (χ1v) is 8.39. The van der Waals surface area contributed by atoms with Crippen molar-refractivity contribution in [2.45, 2.75) is 31.1 Å². The molecule has 0 heterocycles. The molecule has 0 aromatic carbocycles. The Labute approximate surface area is 116 Å². The Morgan fingerprint density at radius 1 is 1.37 bits per heavy atom. The molecule has 0 saturated heterocycles. The summed E-state index contributed by atoms with van der Waals surface area (Å²) in [5.74, 6) is 0. The molecule has 0 amide bonds. The summed E-state index contributed by atoms with van der Waals surface area (Å²) < 4.78 is 31.6. The molecule has 1 fully saturated rings. The van der Waals surface area contributed by atoms with Crippen LogP contribution in [0.25, 0.3) is 0 Å². The molecular formula is C12H27N3O3S. The second-order valence-corrected chi connectivity index (χ2v) is 7.41. The summed E-state index contributed by atoms with van der Waals surface area (Å²) in [4.78, 5) is 2.04. The molecule has 114 valence electrons.